The maximum Gasteiger partial charge on any atom is 0.322 e. The van der Waals surface area contributed by atoms with Gasteiger partial charge in [-0.25, -0.2) is 8.42 Å². The third kappa shape index (κ3) is 4.64. The molecule has 0 aliphatic heterocycles. The predicted molar refractivity (Wildman–Crippen MR) is 72.0 cm³/mol. The van der Waals surface area contributed by atoms with Crippen LogP contribution in [0.15, 0.2) is 23.1 Å². The number of amides is 1. The molecule has 110 valence electrons. The second-order valence-corrected chi connectivity index (χ2v) is 6.37. The Hall–Kier alpha value is -1.35. The first-order chi connectivity index (χ1) is 9.11. The largest absolute Gasteiger partial charge is 0.480 e. The molecule has 0 fully saturated rings. The number of rotatable bonds is 6. The number of carboxylic acids is 1. The van der Waals surface area contributed by atoms with E-state index in [2.05, 4.69) is 0 Å². The van der Waals surface area contributed by atoms with Gasteiger partial charge in [0.15, 0.2) is 0 Å². The summed E-state index contributed by atoms with van der Waals surface area (Å²) in [6.45, 7) is 0. The topological polar surface area (TPSA) is 127 Å². The normalized spacial score (nSPS) is 12.9. The minimum atomic E-state index is -4.20. The van der Waals surface area contributed by atoms with E-state index in [9.17, 15) is 18.0 Å². The number of aliphatic carboxylic acids is 1. The first-order valence-corrected chi connectivity index (χ1v) is 7.35. The fourth-order valence-electron chi connectivity index (χ4n) is 1.32. The molecule has 1 rings (SSSR count). The molecular formula is C10H10Cl2N2O5S. The molecule has 0 unspecified atom stereocenters. The van der Waals surface area contributed by atoms with Crippen molar-refractivity contribution < 1.29 is 23.1 Å². The molecule has 7 nitrogen and oxygen atoms in total. The van der Waals surface area contributed by atoms with Crippen molar-refractivity contribution in [2.45, 2.75) is 17.4 Å². The van der Waals surface area contributed by atoms with E-state index in [0.29, 0.717) is 0 Å². The molecule has 0 bridgehead atoms. The summed E-state index contributed by atoms with van der Waals surface area (Å²) >= 11 is 11.3. The van der Waals surface area contributed by atoms with Gasteiger partial charge in [-0.2, -0.15) is 4.72 Å². The van der Waals surface area contributed by atoms with Gasteiger partial charge in [-0.1, -0.05) is 23.2 Å². The van der Waals surface area contributed by atoms with Crippen LogP contribution in [-0.4, -0.2) is 31.4 Å². The first-order valence-electron chi connectivity index (χ1n) is 5.11. The smallest absolute Gasteiger partial charge is 0.322 e. The van der Waals surface area contributed by atoms with Crippen molar-refractivity contribution in [3.63, 3.8) is 0 Å². The zero-order valence-electron chi connectivity index (χ0n) is 9.84. The summed E-state index contributed by atoms with van der Waals surface area (Å²) in [6.07, 6.45) is -0.678. The summed E-state index contributed by atoms with van der Waals surface area (Å²) in [4.78, 5) is 21.3. The van der Waals surface area contributed by atoms with E-state index in [1.165, 1.54) is 6.07 Å². The molecule has 0 aliphatic carbocycles. The standard InChI is InChI=1S/C10H10Cl2N2O5S/c11-5-1-6(12)3-7(2-5)20(18,19)14-8(10(16)17)4-9(13)15/h1-3,8,14H,4H2,(H2,13,15)(H,16,17)/t8-/m1/s1. The maximum atomic E-state index is 12.0. The van der Waals surface area contributed by atoms with Crippen LogP contribution in [0, 0.1) is 0 Å². The Morgan fingerprint density at radius 2 is 1.75 bits per heavy atom. The number of benzene rings is 1. The van der Waals surface area contributed by atoms with E-state index in [4.69, 9.17) is 34.0 Å². The number of nitrogens with one attached hydrogen (secondary N) is 1. The zero-order chi connectivity index (χ0) is 15.5. The second kappa shape index (κ2) is 6.40. The lowest BCUT2D eigenvalue weighted by Crippen LogP contribution is -2.43. The van der Waals surface area contributed by atoms with E-state index in [1.807, 2.05) is 4.72 Å². The predicted octanol–water partition coefficient (Wildman–Crippen LogP) is 0.600. The van der Waals surface area contributed by atoms with Crippen molar-refractivity contribution >= 4 is 45.1 Å². The molecule has 1 aromatic carbocycles. The van der Waals surface area contributed by atoms with Gasteiger partial charge in [0.25, 0.3) is 0 Å². The average Bonchev–Trinajstić information content (AvgIpc) is 2.25. The Bertz CT molecular complexity index is 627. The molecule has 0 heterocycles. The maximum absolute atomic E-state index is 12.0. The summed E-state index contributed by atoms with van der Waals surface area (Å²) in [5.41, 5.74) is 4.86. The highest BCUT2D eigenvalue weighted by molar-refractivity contribution is 7.89. The van der Waals surface area contributed by atoms with Crippen molar-refractivity contribution in [3.8, 4) is 0 Å². The van der Waals surface area contributed by atoms with Gasteiger partial charge in [-0.3, -0.25) is 9.59 Å². The molecule has 1 aromatic rings. The number of hydrogen-bond donors (Lipinski definition) is 3. The molecule has 10 heteroatoms. The van der Waals surface area contributed by atoms with Crippen molar-refractivity contribution in [1.29, 1.82) is 0 Å². The van der Waals surface area contributed by atoms with E-state index < -0.39 is 34.4 Å². The molecule has 1 atom stereocenters. The third-order valence-electron chi connectivity index (χ3n) is 2.15. The molecule has 0 saturated heterocycles. The van der Waals surface area contributed by atoms with Crippen LogP contribution in [0.25, 0.3) is 0 Å². The number of carboxylic acid groups (broad SMARTS) is 1. The Balaban J connectivity index is 3.09. The van der Waals surface area contributed by atoms with Crippen LogP contribution in [0.1, 0.15) is 6.42 Å². The Kier molecular flexibility index (Phi) is 5.35. The van der Waals surface area contributed by atoms with E-state index in [1.54, 1.807) is 0 Å². The molecule has 0 spiro atoms. The van der Waals surface area contributed by atoms with Gasteiger partial charge < -0.3 is 10.8 Å². The molecule has 0 saturated carbocycles. The van der Waals surface area contributed by atoms with Gasteiger partial charge in [0.2, 0.25) is 15.9 Å². The van der Waals surface area contributed by atoms with Crippen molar-refractivity contribution in [2.24, 2.45) is 5.73 Å². The second-order valence-electron chi connectivity index (χ2n) is 3.79. The fourth-order valence-corrected chi connectivity index (χ4v) is 3.23. The van der Waals surface area contributed by atoms with Crippen LogP contribution in [0.2, 0.25) is 10.0 Å². The van der Waals surface area contributed by atoms with Crippen molar-refractivity contribution in [1.82, 2.24) is 4.72 Å². The van der Waals surface area contributed by atoms with Gasteiger partial charge in [-0.05, 0) is 18.2 Å². The van der Waals surface area contributed by atoms with Crippen LogP contribution in [0.4, 0.5) is 0 Å². The van der Waals surface area contributed by atoms with Crippen LogP contribution in [0.3, 0.4) is 0 Å². The van der Waals surface area contributed by atoms with Gasteiger partial charge in [-0.15, -0.1) is 0 Å². The third-order valence-corrected chi connectivity index (χ3v) is 4.03. The van der Waals surface area contributed by atoms with Crippen LogP contribution in [-0.2, 0) is 19.6 Å². The molecule has 0 radical (unpaired) electrons. The molecule has 0 aliphatic rings. The molecular weight excluding hydrogens is 331 g/mol. The number of sulfonamides is 1. The average molecular weight is 341 g/mol. The van der Waals surface area contributed by atoms with Crippen LogP contribution < -0.4 is 10.5 Å². The van der Waals surface area contributed by atoms with E-state index >= 15 is 0 Å². The number of halogens is 2. The van der Waals surface area contributed by atoms with Gasteiger partial charge in [0, 0.05) is 10.0 Å². The number of carbonyl (C=O) groups excluding carboxylic acids is 1. The number of primary amides is 1. The highest BCUT2D eigenvalue weighted by Crippen LogP contribution is 2.22. The minimum absolute atomic E-state index is 0.0691. The fraction of sp³-hybridized carbons (Fsp3) is 0.200. The number of hydrogen-bond acceptors (Lipinski definition) is 4. The monoisotopic (exact) mass is 340 g/mol. The van der Waals surface area contributed by atoms with Crippen LogP contribution >= 0.6 is 23.2 Å². The summed E-state index contributed by atoms with van der Waals surface area (Å²) in [5, 5.41) is 8.99. The summed E-state index contributed by atoms with van der Waals surface area (Å²) < 4.78 is 25.8. The van der Waals surface area contributed by atoms with Crippen molar-refractivity contribution in [3.05, 3.63) is 28.2 Å². The number of nitrogens with two attached hydrogens (primary N) is 1. The molecule has 1 amide bonds. The Morgan fingerprint density at radius 1 is 1.25 bits per heavy atom. The minimum Gasteiger partial charge on any atom is -0.480 e. The number of carbonyl (C=O) groups is 2. The lowest BCUT2D eigenvalue weighted by Gasteiger charge is -2.13. The van der Waals surface area contributed by atoms with Crippen molar-refractivity contribution in [2.75, 3.05) is 0 Å². The lowest BCUT2D eigenvalue weighted by atomic mass is 10.2. The van der Waals surface area contributed by atoms with Crippen LogP contribution in [0.5, 0.6) is 0 Å². The SMILES string of the molecule is NC(=O)C[C@@H](NS(=O)(=O)c1cc(Cl)cc(Cl)c1)C(=O)O. The highest BCUT2D eigenvalue weighted by Gasteiger charge is 2.27. The molecule has 4 N–H and O–H groups in total. The molecule has 0 aromatic heterocycles. The van der Waals surface area contributed by atoms with E-state index in [-0.39, 0.29) is 14.9 Å². The zero-order valence-corrected chi connectivity index (χ0v) is 12.2. The highest BCUT2D eigenvalue weighted by atomic mass is 35.5. The van der Waals surface area contributed by atoms with Gasteiger partial charge in [0.05, 0.1) is 11.3 Å². The Labute approximate surface area is 124 Å². The first kappa shape index (κ1) is 16.7. The molecule has 20 heavy (non-hydrogen) atoms. The lowest BCUT2D eigenvalue weighted by molar-refractivity contribution is -0.140. The van der Waals surface area contributed by atoms with Gasteiger partial charge >= 0.3 is 5.97 Å². The Morgan fingerprint density at radius 3 is 2.15 bits per heavy atom. The van der Waals surface area contributed by atoms with Gasteiger partial charge in [0.1, 0.15) is 6.04 Å². The quantitative estimate of drug-likeness (QED) is 0.698. The summed E-state index contributed by atoms with van der Waals surface area (Å²) in [6, 6.07) is 1.84. The van der Waals surface area contributed by atoms with E-state index in [0.717, 1.165) is 12.1 Å². The summed E-state index contributed by atoms with van der Waals surface area (Å²) in [5.74, 6) is -2.48. The summed E-state index contributed by atoms with van der Waals surface area (Å²) in [7, 11) is -4.20.